The Kier molecular flexibility index (Phi) is 4.36. The first-order valence-corrected chi connectivity index (χ1v) is 8.19. The molecule has 0 atom stereocenters. The molecule has 0 fully saturated rings. The summed E-state index contributed by atoms with van der Waals surface area (Å²) in [6.45, 7) is 1.68. The normalized spacial score (nSPS) is 11.4. The lowest BCUT2D eigenvalue weighted by atomic mass is 10.2. The Balaban J connectivity index is 2.41. The third kappa shape index (κ3) is 3.31. The topological polar surface area (TPSA) is 46.2 Å². The molecule has 1 N–H and O–H groups in total. The SMILES string of the molecule is Cc1cc(Br)c(F)cc1NS(=O)(=O)c1cccc(Cl)c1. The number of hydrogen-bond donors (Lipinski definition) is 1. The molecule has 20 heavy (non-hydrogen) atoms. The molecule has 0 aliphatic heterocycles. The smallest absolute Gasteiger partial charge is 0.261 e. The minimum Gasteiger partial charge on any atom is -0.279 e. The minimum absolute atomic E-state index is 0.0210. The zero-order valence-electron chi connectivity index (χ0n) is 10.3. The van der Waals surface area contributed by atoms with Crippen LogP contribution < -0.4 is 4.72 Å². The lowest BCUT2D eigenvalue weighted by Crippen LogP contribution is -2.14. The van der Waals surface area contributed by atoms with Crippen molar-refractivity contribution in [3.05, 3.63) is 57.3 Å². The summed E-state index contributed by atoms with van der Waals surface area (Å²) >= 11 is 8.82. The molecule has 3 nitrogen and oxygen atoms in total. The van der Waals surface area contributed by atoms with Crippen LogP contribution in [-0.2, 0) is 10.0 Å². The first kappa shape index (κ1) is 15.3. The van der Waals surface area contributed by atoms with E-state index in [1.165, 1.54) is 24.3 Å². The second-order valence-corrected chi connectivity index (χ2v) is 7.12. The van der Waals surface area contributed by atoms with Crippen molar-refractivity contribution >= 4 is 43.2 Å². The number of anilines is 1. The summed E-state index contributed by atoms with van der Waals surface area (Å²) < 4.78 is 40.5. The van der Waals surface area contributed by atoms with Crippen LogP contribution in [0.2, 0.25) is 5.02 Å². The van der Waals surface area contributed by atoms with E-state index in [-0.39, 0.29) is 15.1 Å². The van der Waals surface area contributed by atoms with Gasteiger partial charge in [-0.15, -0.1) is 0 Å². The second-order valence-electron chi connectivity index (χ2n) is 4.14. The van der Waals surface area contributed by atoms with E-state index in [1.54, 1.807) is 13.0 Å². The maximum atomic E-state index is 13.5. The number of benzene rings is 2. The molecule has 0 amide bonds. The predicted molar refractivity (Wildman–Crippen MR) is 81.1 cm³/mol. The largest absolute Gasteiger partial charge is 0.279 e. The lowest BCUT2D eigenvalue weighted by molar-refractivity contribution is 0.601. The van der Waals surface area contributed by atoms with Gasteiger partial charge in [0.2, 0.25) is 0 Å². The number of halogens is 3. The first-order valence-electron chi connectivity index (χ1n) is 5.53. The van der Waals surface area contributed by atoms with Crippen LogP contribution in [-0.4, -0.2) is 8.42 Å². The Labute approximate surface area is 130 Å². The van der Waals surface area contributed by atoms with E-state index in [0.717, 1.165) is 6.07 Å². The highest BCUT2D eigenvalue weighted by Gasteiger charge is 2.16. The van der Waals surface area contributed by atoms with Gasteiger partial charge in [-0.2, -0.15) is 0 Å². The van der Waals surface area contributed by atoms with Crippen molar-refractivity contribution in [3.8, 4) is 0 Å². The van der Waals surface area contributed by atoms with E-state index < -0.39 is 15.8 Å². The zero-order valence-corrected chi connectivity index (χ0v) is 13.5. The lowest BCUT2D eigenvalue weighted by Gasteiger charge is -2.11. The second kappa shape index (κ2) is 5.71. The van der Waals surface area contributed by atoms with E-state index in [2.05, 4.69) is 20.7 Å². The van der Waals surface area contributed by atoms with Gasteiger partial charge >= 0.3 is 0 Å². The summed E-state index contributed by atoms with van der Waals surface area (Å²) in [4.78, 5) is 0.0210. The highest BCUT2D eigenvalue weighted by molar-refractivity contribution is 9.10. The molecule has 0 bridgehead atoms. The summed E-state index contributed by atoms with van der Waals surface area (Å²) in [5.74, 6) is -0.542. The van der Waals surface area contributed by atoms with Gasteiger partial charge in [0.1, 0.15) is 5.82 Å². The molecule has 0 aromatic heterocycles. The molecule has 0 spiro atoms. The van der Waals surface area contributed by atoms with Gasteiger partial charge < -0.3 is 0 Å². The number of sulfonamides is 1. The molecule has 2 aromatic carbocycles. The summed E-state index contributed by atoms with van der Waals surface area (Å²) in [5.41, 5.74) is 0.787. The number of hydrogen-bond acceptors (Lipinski definition) is 2. The van der Waals surface area contributed by atoms with Crippen molar-refractivity contribution in [2.75, 3.05) is 4.72 Å². The highest BCUT2D eigenvalue weighted by atomic mass is 79.9. The fourth-order valence-electron chi connectivity index (χ4n) is 1.59. The quantitative estimate of drug-likeness (QED) is 0.863. The standard InChI is InChI=1S/C13H10BrClFNO2S/c1-8-5-11(14)12(16)7-13(8)17-20(18,19)10-4-2-3-9(15)6-10/h2-7,17H,1H3. The summed E-state index contributed by atoms with van der Waals surface area (Å²) in [6, 6.07) is 8.48. The Morgan fingerprint density at radius 1 is 1.25 bits per heavy atom. The zero-order chi connectivity index (χ0) is 14.9. The molecule has 0 saturated carbocycles. The molecule has 0 heterocycles. The molecular formula is C13H10BrClFNO2S. The van der Waals surface area contributed by atoms with Crippen LogP contribution >= 0.6 is 27.5 Å². The van der Waals surface area contributed by atoms with Crippen LogP contribution in [0.25, 0.3) is 0 Å². The summed E-state index contributed by atoms with van der Waals surface area (Å²) in [7, 11) is -3.80. The van der Waals surface area contributed by atoms with Crippen molar-refractivity contribution < 1.29 is 12.8 Å². The molecule has 2 rings (SSSR count). The molecular weight excluding hydrogens is 369 g/mol. The number of nitrogens with one attached hydrogen (secondary N) is 1. The Morgan fingerprint density at radius 2 is 1.95 bits per heavy atom. The average molecular weight is 379 g/mol. The maximum Gasteiger partial charge on any atom is 0.261 e. The van der Waals surface area contributed by atoms with Gasteiger partial charge in [-0.3, -0.25) is 4.72 Å². The van der Waals surface area contributed by atoms with E-state index in [1.807, 2.05) is 0 Å². The van der Waals surface area contributed by atoms with Gasteiger partial charge in [-0.25, -0.2) is 12.8 Å². The third-order valence-electron chi connectivity index (χ3n) is 2.62. The Hall–Kier alpha value is -1.11. The van der Waals surface area contributed by atoms with Gasteiger partial charge in [0, 0.05) is 5.02 Å². The monoisotopic (exact) mass is 377 g/mol. The van der Waals surface area contributed by atoms with Crippen molar-refractivity contribution in [2.24, 2.45) is 0 Å². The van der Waals surface area contributed by atoms with E-state index >= 15 is 0 Å². The molecule has 7 heteroatoms. The molecule has 106 valence electrons. The maximum absolute atomic E-state index is 13.5. The molecule has 0 aliphatic rings. The summed E-state index contributed by atoms with van der Waals surface area (Å²) in [6.07, 6.45) is 0. The van der Waals surface area contributed by atoms with E-state index in [4.69, 9.17) is 11.6 Å². The fraction of sp³-hybridized carbons (Fsp3) is 0.0769. The molecule has 0 aliphatic carbocycles. The van der Waals surface area contributed by atoms with Crippen molar-refractivity contribution in [1.29, 1.82) is 0 Å². The number of rotatable bonds is 3. The molecule has 0 saturated heterocycles. The number of aryl methyl sites for hydroxylation is 1. The third-order valence-corrected chi connectivity index (χ3v) is 4.82. The van der Waals surface area contributed by atoms with Gasteiger partial charge in [-0.05, 0) is 58.7 Å². The van der Waals surface area contributed by atoms with Crippen LogP contribution in [0.4, 0.5) is 10.1 Å². The van der Waals surface area contributed by atoms with Crippen LogP contribution in [0.1, 0.15) is 5.56 Å². The Morgan fingerprint density at radius 3 is 2.60 bits per heavy atom. The summed E-state index contributed by atoms with van der Waals surface area (Å²) in [5, 5.41) is 0.312. The molecule has 0 radical (unpaired) electrons. The van der Waals surface area contributed by atoms with Crippen LogP contribution in [0.5, 0.6) is 0 Å². The van der Waals surface area contributed by atoms with Crippen molar-refractivity contribution in [3.63, 3.8) is 0 Å². The van der Waals surface area contributed by atoms with Crippen LogP contribution in [0.15, 0.2) is 45.8 Å². The molecule has 2 aromatic rings. The Bertz CT molecular complexity index is 765. The van der Waals surface area contributed by atoms with Gasteiger partial charge in [0.05, 0.1) is 15.1 Å². The van der Waals surface area contributed by atoms with Crippen LogP contribution in [0, 0.1) is 12.7 Å². The van der Waals surface area contributed by atoms with Gasteiger partial charge in [-0.1, -0.05) is 17.7 Å². The average Bonchev–Trinajstić information content (AvgIpc) is 2.36. The van der Waals surface area contributed by atoms with Crippen LogP contribution in [0.3, 0.4) is 0 Å². The predicted octanol–water partition coefficient (Wildman–Crippen LogP) is 4.35. The highest BCUT2D eigenvalue weighted by Crippen LogP contribution is 2.26. The van der Waals surface area contributed by atoms with Crippen molar-refractivity contribution in [1.82, 2.24) is 0 Å². The fourth-order valence-corrected chi connectivity index (χ4v) is 3.47. The van der Waals surface area contributed by atoms with E-state index in [9.17, 15) is 12.8 Å². The first-order chi connectivity index (χ1) is 9.29. The molecule has 0 unspecified atom stereocenters. The van der Waals surface area contributed by atoms with E-state index in [0.29, 0.717) is 10.6 Å². The minimum atomic E-state index is -3.80. The van der Waals surface area contributed by atoms with Gasteiger partial charge in [0.15, 0.2) is 0 Å². The van der Waals surface area contributed by atoms with Crippen molar-refractivity contribution in [2.45, 2.75) is 11.8 Å². The van der Waals surface area contributed by atoms with Gasteiger partial charge in [0.25, 0.3) is 10.0 Å².